The van der Waals surface area contributed by atoms with Crippen LogP contribution in [0.4, 0.5) is 11.4 Å². The molecule has 0 aliphatic rings. The van der Waals surface area contributed by atoms with E-state index in [0.29, 0.717) is 39.2 Å². The van der Waals surface area contributed by atoms with E-state index < -0.39 is 0 Å². The summed E-state index contributed by atoms with van der Waals surface area (Å²) in [6.07, 6.45) is 0. The van der Waals surface area contributed by atoms with Crippen molar-refractivity contribution < 1.29 is 19.1 Å². The summed E-state index contributed by atoms with van der Waals surface area (Å²) in [4.78, 5) is 28.0. The van der Waals surface area contributed by atoms with Crippen molar-refractivity contribution in [2.45, 2.75) is 13.8 Å². The molecule has 2 amide bonds. The van der Waals surface area contributed by atoms with Crippen molar-refractivity contribution in [1.29, 1.82) is 0 Å². The number of amides is 2. The van der Waals surface area contributed by atoms with Crippen molar-refractivity contribution in [1.82, 2.24) is 4.98 Å². The van der Waals surface area contributed by atoms with E-state index in [1.54, 1.807) is 44.2 Å². The lowest BCUT2D eigenvalue weighted by atomic mass is 10.1. The number of oxazole rings is 1. The molecule has 0 bridgehead atoms. The Morgan fingerprint density at radius 3 is 2.14 bits per heavy atom. The maximum Gasteiger partial charge on any atom is 0.250 e. The van der Waals surface area contributed by atoms with Crippen LogP contribution in [0.15, 0.2) is 65.1 Å². The third kappa shape index (κ3) is 3.93. The first kappa shape index (κ1) is 18.9. The van der Waals surface area contributed by atoms with Gasteiger partial charge in [0.15, 0.2) is 5.58 Å². The monoisotopic (exact) mass is 377 g/mol. The standard InChI is InChI=1S/C21H19N3O4/c1-11(2)19(26)22-13-5-7-17(25)15(9-13)21-24-16-10-14(6-8-18(16)28-21)23-20(27)12(3)4/h5-10,25H,1,3H2,2,4H3,(H,22,26)(H,23,27). The zero-order valence-electron chi connectivity index (χ0n) is 15.5. The summed E-state index contributed by atoms with van der Waals surface area (Å²) in [6.45, 7) is 10.4. The van der Waals surface area contributed by atoms with Gasteiger partial charge in [-0.1, -0.05) is 13.2 Å². The molecule has 0 saturated carbocycles. The van der Waals surface area contributed by atoms with Gasteiger partial charge >= 0.3 is 0 Å². The molecular weight excluding hydrogens is 358 g/mol. The molecule has 7 heteroatoms. The van der Waals surface area contributed by atoms with Crippen molar-refractivity contribution in [3.05, 3.63) is 60.7 Å². The summed E-state index contributed by atoms with van der Waals surface area (Å²) >= 11 is 0. The Morgan fingerprint density at radius 2 is 1.54 bits per heavy atom. The maximum atomic E-state index is 11.8. The number of hydrogen-bond donors (Lipinski definition) is 3. The van der Waals surface area contributed by atoms with Crippen LogP contribution in [0.25, 0.3) is 22.6 Å². The maximum absolute atomic E-state index is 11.8. The fourth-order valence-electron chi connectivity index (χ4n) is 2.38. The molecule has 3 N–H and O–H groups in total. The van der Waals surface area contributed by atoms with Crippen LogP contribution in [-0.4, -0.2) is 21.9 Å². The van der Waals surface area contributed by atoms with Gasteiger partial charge in [0.05, 0.1) is 5.56 Å². The number of nitrogens with zero attached hydrogens (tertiary/aromatic N) is 1. The van der Waals surface area contributed by atoms with Crippen molar-refractivity contribution >= 4 is 34.3 Å². The third-order valence-corrected chi connectivity index (χ3v) is 3.91. The fraction of sp³-hybridized carbons (Fsp3) is 0.0952. The molecule has 0 spiro atoms. The summed E-state index contributed by atoms with van der Waals surface area (Å²) in [6, 6.07) is 9.58. The Bertz CT molecular complexity index is 1130. The van der Waals surface area contributed by atoms with Crippen LogP contribution in [0.1, 0.15) is 13.8 Å². The van der Waals surface area contributed by atoms with Gasteiger partial charge < -0.3 is 20.2 Å². The number of anilines is 2. The van der Waals surface area contributed by atoms with Gasteiger partial charge in [-0.2, -0.15) is 0 Å². The van der Waals surface area contributed by atoms with Crippen molar-refractivity contribution in [2.75, 3.05) is 10.6 Å². The highest BCUT2D eigenvalue weighted by molar-refractivity contribution is 6.04. The Morgan fingerprint density at radius 1 is 0.964 bits per heavy atom. The molecule has 0 aliphatic carbocycles. The first-order valence-electron chi connectivity index (χ1n) is 8.42. The number of phenolic OH excluding ortho intramolecular Hbond substituents is 1. The van der Waals surface area contributed by atoms with E-state index in [0.717, 1.165) is 0 Å². The van der Waals surface area contributed by atoms with Gasteiger partial charge in [-0.05, 0) is 50.2 Å². The summed E-state index contributed by atoms with van der Waals surface area (Å²) in [5, 5.41) is 15.6. The van der Waals surface area contributed by atoms with Gasteiger partial charge in [0, 0.05) is 22.5 Å². The average Bonchev–Trinajstić information content (AvgIpc) is 3.06. The number of carbonyl (C=O) groups is 2. The van der Waals surface area contributed by atoms with E-state index in [2.05, 4.69) is 28.8 Å². The zero-order chi connectivity index (χ0) is 20.4. The van der Waals surface area contributed by atoms with Crippen LogP contribution < -0.4 is 10.6 Å². The number of hydrogen-bond acceptors (Lipinski definition) is 5. The number of nitrogens with one attached hydrogen (secondary N) is 2. The predicted molar refractivity (Wildman–Crippen MR) is 108 cm³/mol. The van der Waals surface area contributed by atoms with E-state index in [9.17, 15) is 14.7 Å². The molecule has 0 atom stereocenters. The molecule has 142 valence electrons. The van der Waals surface area contributed by atoms with E-state index in [-0.39, 0.29) is 23.5 Å². The van der Waals surface area contributed by atoms with Crippen molar-refractivity contribution in [2.24, 2.45) is 0 Å². The topological polar surface area (TPSA) is 104 Å². The molecule has 7 nitrogen and oxygen atoms in total. The minimum atomic E-state index is -0.327. The highest BCUT2D eigenvalue weighted by atomic mass is 16.3. The number of aromatic hydroxyl groups is 1. The van der Waals surface area contributed by atoms with E-state index in [4.69, 9.17) is 4.42 Å². The number of rotatable bonds is 5. The largest absolute Gasteiger partial charge is 0.507 e. The molecule has 2 aromatic carbocycles. The summed E-state index contributed by atoms with van der Waals surface area (Å²) in [5.41, 5.74) is 3.08. The number of benzene rings is 2. The van der Waals surface area contributed by atoms with Crippen LogP contribution in [0, 0.1) is 0 Å². The molecule has 0 aliphatic heterocycles. The summed E-state index contributed by atoms with van der Waals surface area (Å²) < 4.78 is 5.72. The Balaban J connectivity index is 1.95. The van der Waals surface area contributed by atoms with Crippen LogP contribution in [0.3, 0.4) is 0 Å². The third-order valence-electron chi connectivity index (χ3n) is 3.91. The number of fused-ring (bicyclic) bond motifs is 1. The van der Waals surface area contributed by atoms with Crippen molar-refractivity contribution in [3.8, 4) is 17.2 Å². The van der Waals surface area contributed by atoms with Gasteiger partial charge in [0.25, 0.3) is 11.8 Å². The molecule has 0 saturated heterocycles. The molecule has 1 heterocycles. The highest BCUT2D eigenvalue weighted by Gasteiger charge is 2.15. The molecule has 0 fully saturated rings. The molecular formula is C21H19N3O4. The lowest BCUT2D eigenvalue weighted by Crippen LogP contribution is -2.11. The van der Waals surface area contributed by atoms with E-state index in [1.165, 1.54) is 6.07 Å². The fourth-order valence-corrected chi connectivity index (χ4v) is 2.38. The minimum absolute atomic E-state index is 0.0457. The normalized spacial score (nSPS) is 10.5. The van der Waals surface area contributed by atoms with Gasteiger partial charge in [-0.15, -0.1) is 0 Å². The minimum Gasteiger partial charge on any atom is -0.507 e. The van der Waals surface area contributed by atoms with Crippen molar-refractivity contribution in [3.63, 3.8) is 0 Å². The van der Waals surface area contributed by atoms with E-state index >= 15 is 0 Å². The Kier molecular flexibility index (Phi) is 5.00. The first-order chi connectivity index (χ1) is 13.2. The van der Waals surface area contributed by atoms with Gasteiger partial charge in [0.1, 0.15) is 11.3 Å². The van der Waals surface area contributed by atoms with Gasteiger partial charge in [0.2, 0.25) is 5.89 Å². The molecule has 3 aromatic rings. The lowest BCUT2D eigenvalue weighted by molar-refractivity contribution is -0.113. The average molecular weight is 377 g/mol. The Labute approximate surface area is 161 Å². The molecule has 1 aromatic heterocycles. The van der Waals surface area contributed by atoms with Gasteiger partial charge in [-0.25, -0.2) is 4.98 Å². The molecule has 0 unspecified atom stereocenters. The van der Waals surface area contributed by atoms with Gasteiger partial charge in [-0.3, -0.25) is 9.59 Å². The zero-order valence-corrected chi connectivity index (χ0v) is 15.5. The number of phenols is 1. The summed E-state index contributed by atoms with van der Waals surface area (Å²) in [7, 11) is 0. The summed E-state index contributed by atoms with van der Waals surface area (Å²) in [5.74, 6) is -0.480. The molecule has 3 rings (SSSR count). The van der Waals surface area contributed by atoms with Crippen LogP contribution >= 0.6 is 0 Å². The number of carbonyl (C=O) groups excluding carboxylic acids is 2. The van der Waals surface area contributed by atoms with Crippen LogP contribution in [-0.2, 0) is 9.59 Å². The second kappa shape index (κ2) is 7.40. The quantitative estimate of drug-likeness (QED) is 0.456. The second-order valence-electron chi connectivity index (χ2n) is 6.40. The SMILES string of the molecule is C=C(C)C(=O)Nc1ccc(O)c(-c2nc3cc(NC(=O)C(=C)C)ccc3o2)c1. The molecule has 28 heavy (non-hydrogen) atoms. The second-order valence-corrected chi connectivity index (χ2v) is 6.40. The van der Waals surface area contributed by atoms with Crippen LogP contribution in [0.2, 0.25) is 0 Å². The van der Waals surface area contributed by atoms with E-state index in [1.807, 2.05) is 0 Å². The Hall–Kier alpha value is -3.87. The highest BCUT2D eigenvalue weighted by Crippen LogP contribution is 2.34. The van der Waals surface area contributed by atoms with Crippen LogP contribution in [0.5, 0.6) is 5.75 Å². The molecule has 0 radical (unpaired) electrons. The lowest BCUT2D eigenvalue weighted by Gasteiger charge is -2.07. The first-order valence-corrected chi connectivity index (χ1v) is 8.42. The predicted octanol–water partition coefficient (Wildman–Crippen LogP) is 4.23. The number of aromatic nitrogens is 1. The smallest absolute Gasteiger partial charge is 0.250 e.